The first-order valence-electron chi connectivity index (χ1n) is 14.2. The molecule has 0 unspecified atom stereocenters. The molecule has 42 heavy (non-hydrogen) atoms. The molecule has 0 radical (unpaired) electrons. The topological polar surface area (TPSA) is 158 Å². The van der Waals surface area contributed by atoms with Gasteiger partial charge in [-0.25, -0.2) is 15.0 Å². The Morgan fingerprint density at radius 1 is 1.19 bits per heavy atom. The second-order valence-electron chi connectivity index (χ2n) is 10.9. The molecule has 4 heterocycles. The number of thiazole rings is 1. The second-order valence-corrected chi connectivity index (χ2v) is 11.6. The van der Waals surface area contributed by atoms with Crippen LogP contribution in [0.1, 0.15) is 50.0 Å². The van der Waals surface area contributed by atoms with E-state index in [4.69, 9.17) is 30.3 Å². The highest BCUT2D eigenvalue weighted by atomic mass is 32.1. The average molecular weight is 594 g/mol. The average Bonchev–Trinajstić information content (AvgIpc) is 3.67. The zero-order valence-corrected chi connectivity index (χ0v) is 25.2. The molecule has 224 valence electrons. The Balaban J connectivity index is 0.000000830. The van der Waals surface area contributed by atoms with E-state index in [9.17, 15) is 0 Å². The number of carboxylic acids is 1. The summed E-state index contributed by atoms with van der Waals surface area (Å²) >= 11 is 1.58. The number of aromatic amines is 1. The minimum absolute atomic E-state index is 0.334. The van der Waals surface area contributed by atoms with Crippen LogP contribution in [-0.4, -0.2) is 92.4 Å². The van der Waals surface area contributed by atoms with Crippen molar-refractivity contribution < 1.29 is 14.6 Å². The molecule has 13 heteroatoms. The maximum atomic E-state index is 9.00. The third-order valence-electron chi connectivity index (χ3n) is 8.00. The molecule has 6 rings (SSSR count). The molecule has 2 fully saturated rings. The highest BCUT2D eigenvalue weighted by Gasteiger charge is 2.30. The zero-order chi connectivity index (χ0) is 29.6. The number of methoxy groups -OCH3 is 1. The number of fused-ring (bicyclic) bond motifs is 1. The first kappa shape index (κ1) is 29.7. The molecule has 3 aromatic heterocycles. The Labute approximate surface area is 249 Å². The number of nitrogen functional groups attached to an aromatic ring is 1. The molecule has 12 nitrogen and oxygen atoms in total. The SMILES string of the molecule is CC(=O)O.COc1cc(-c2n[nH]c3nc([C@H]4CC[C@H](N5CCN(C)CC5)CC4)nc(N)c23)ccc1NCc1cscn1. The number of nitrogens with two attached hydrogens (primary N) is 1. The van der Waals surface area contributed by atoms with Crippen LogP contribution in [0.3, 0.4) is 0 Å². The number of nitrogens with one attached hydrogen (secondary N) is 2. The highest BCUT2D eigenvalue weighted by Crippen LogP contribution is 2.38. The minimum Gasteiger partial charge on any atom is -0.495 e. The van der Waals surface area contributed by atoms with Crippen LogP contribution < -0.4 is 15.8 Å². The highest BCUT2D eigenvalue weighted by molar-refractivity contribution is 7.07. The number of anilines is 2. The maximum absolute atomic E-state index is 9.00. The number of likely N-dealkylation sites (N-methyl/N-ethyl adjacent to an activating group) is 1. The number of carboxylic acid groups (broad SMARTS) is 1. The predicted molar refractivity (Wildman–Crippen MR) is 165 cm³/mol. The van der Waals surface area contributed by atoms with Crippen LogP contribution in [0.4, 0.5) is 11.5 Å². The second kappa shape index (κ2) is 13.4. The lowest BCUT2D eigenvalue weighted by Crippen LogP contribution is -2.49. The van der Waals surface area contributed by atoms with Crippen molar-refractivity contribution in [2.45, 2.75) is 51.1 Å². The molecule has 0 amide bonds. The molecule has 1 saturated heterocycles. The van der Waals surface area contributed by atoms with E-state index >= 15 is 0 Å². The van der Waals surface area contributed by atoms with Gasteiger partial charge < -0.3 is 25.8 Å². The molecule has 1 aliphatic carbocycles. The van der Waals surface area contributed by atoms with Gasteiger partial charge in [0.2, 0.25) is 0 Å². The van der Waals surface area contributed by atoms with Crippen LogP contribution in [0.2, 0.25) is 0 Å². The van der Waals surface area contributed by atoms with Crippen molar-refractivity contribution in [2.24, 2.45) is 0 Å². The first-order valence-corrected chi connectivity index (χ1v) is 15.2. The molecule has 5 N–H and O–H groups in total. The Morgan fingerprint density at radius 3 is 2.60 bits per heavy atom. The van der Waals surface area contributed by atoms with Crippen LogP contribution in [0, 0.1) is 0 Å². The van der Waals surface area contributed by atoms with Crippen molar-refractivity contribution >= 4 is 39.8 Å². The van der Waals surface area contributed by atoms with E-state index in [2.05, 4.69) is 37.3 Å². The fraction of sp³-hybridized carbons (Fsp3) is 0.483. The zero-order valence-electron chi connectivity index (χ0n) is 24.3. The van der Waals surface area contributed by atoms with Crippen molar-refractivity contribution in [3.8, 4) is 17.0 Å². The molecule has 2 aliphatic rings. The molecule has 0 spiro atoms. The van der Waals surface area contributed by atoms with Gasteiger partial charge in [0.15, 0.2) is 5.65 Å². The maximum Gasteiger partial charge on any atom is 0.300 e. The smallest absolute Gasteiger partial charge is 0.300 e. The summed E-state index contributed by atoms with van der Waals surface area (Å²) in [5.41, 5.74) is 12.6. The van der Waals surface area contributed by atoms with Crippen LogP contribution in [0.15, 0.2) is 29.1 Å². The fourth-order valence-corrected chi connectivity index (χ4v) is 6.31. The summed E-state index contributed by atoms with van der Waals surface area (Å²) < 4.78 is 5.67. The van der Waals surface area contributed by atoms with Crippen molar-refractivity contribution in [2.75, 3.05) is 51.4 Å². The summed E-state index contributed by atoms with van der Waals surface area (Å²) in [6, 6.07) is 6.64. The molecular weight excluding hydrogens is 554 g/mol. The number of hydrogen-bond acceptors (Lipinski definition) is 11. The number of aliphatic carboxylic acids is 1. The monoisotopic (exact) mass is 593 g/mol. The van der Waals surface area contributed by atoms with Crippen molar-refractivity contribution in [3.05, 3.63) is 40.6 Å². The van der Waals surface area contributed by atoms with Gasteiger partial charge in [-0.3, -0.25) is 14.8 Å². The van der Waals surface area contributed by atoms with Crippen molar-refractivity contribution in [1.29, 1.82) is 0 Å². The van der Waals surface area contributed by atoms with Crippen molar-refractivity contribution in [3.63, 3.8) is 0 Å². The number of benzene rings is 1. The first-order chi connectivity index (χ1) is 20.3. The summed E-state index contributed by atoms with van der Waals surface area (Å²) in [5, 5.41) is 21.3. The molecule has 0 bridgehead atoms. The normalized spacial score (nSPS) is 19.7. The number of hydrogen-bond donors (Lipinski definition) is 4. The Morgan fingerprint density at radius 2 is 1.93 bits per heavy atom. The van der Waals surface area contributed by atoms with Gasteiger partial charge in [-0.1, -0.05) is 6.07 Å². The van der Waals surface area contributed by atoms with Gasteiger partial charge in [-0.05, 0) is 44.9 Å². The number of piperazine rings is 1. The molecule has 1 saturated carbocycles. The third kappa shape index (κ3) is 6.97. The number of nitrogens with zero attached hydrogens (tertiary/aromatic N) is 6. The van der Waals surface area contributed by atoms with E-state index in [0.717, 1.165) is 72.5 Å². The quantitative estimate of drug-likeness (QED) is 0.245. The van der Waals surface area contributed by atoms with Crippen LogP contribution in [-0.2, 0) is 11.3 Å². The van der Waals surface area contributed by atoms with Gasteiger partial charge >= 0.3 is 0 Å². The number of carbonyl (C=O) groups is 1. The van der Waals surface area contributed by atoms with E-state index in [-0.39, 0.29) is 0 Å². The number of rotatable bonds is 7. The lowest BCUT2D eigenvalue weighted by molar-refractivity contribution is -0.134. The van der Waals surface area contributed by atoms with E-state index in [1.54, 1.807) is 18.4 Å². The summed E-state index contributed by atoms with van der Waals surface area (Å²) in [7, 11) is 3.87. The molecule has 0 atom stereocenters. The van der Waals surface area contributed by atoms with E-state index in [0.29, 0.717) is 30.0 Å². The van der Waals surface area contributed by atoms with E-state index in [1.165, 1.54) is 25.9 Å². The Kier molecular flexibility index (Phi) is 9.50. The Bertz CT molecular complexity index is 1470. The summed E-state index contributed by atoms with van der Waals surface area (Å²) in [6.45, 7) is 6.38. The molecule has 1 aromatic carbocycles. The standard InChI is InChI=1S/C27H35N9OS.C2H4O2/c1-35-9-11-36(12-10-35)20-6-3-17(4-7-20)26-31-25(28)23-24(33-34-27(23)32-26)18-5-8-21(22(13-18)37-2)29-14-19-15-38-16-30-19;1-2(3)4/h5,8,13,15-17,20,29H,3-4,6-7,9-12,14H2,1-2H3,(H3,28,31,32,33,34);1H3,(H,3,4)/t17-,20-;. The van der Waals surface area contributed by atoms with E-state index in [1.807, 2.05) is 29.1 Å². The van der Waals surface area contributed by atoms with Gasteiger partial charge in [0.05, 0.1) is 35.9 Å². The lowest BCUT2D eigenvalue weighted by atomic mass is 9.84. The molecule has 1 aliphatic heterocycles. The van der Waals surface area contributed by atoms with E-state index < -0.39 is 5.97 Å². The van der Waals surface area contributed by atoms with Crippen molar-refractivity contribution in [1.82, 2.24) is 34.9 Å². The predicted octanol–water partition coefficient (Wildman–Crippen LogP) is 4.04. The number of ether oxygens (including phenoxy) is 1. The Hall–Kier alpha value is -3.81. The van der Waals surface area contributed by atoms with Gasteiger partial charge in [0.1, 0.15) is 23.1 Å². The minimum atomic E-state index is -0.833. The number of H-pyrrole nitrogens is 1. The van der Waals surface area contributed by atoms with Crippen LogP contribution in [0.25, 0.3) is 22.3 Å². The number of aromatic nitrogens is 5. The lowest BCUT2D eigenvalue weighted by Gasteiger charge is -2.40. The largest absolute Gasteiger partial charge is 0.495 e. The van der Waals surface area contributed by atoms with Crippen LogP contribution >= 0.6 is 11.3 Å². The van der Waals surface area contributed by atoms with Gasteiger partial charge in [-0.15, -0.1) is 11.3 Å². The summed E-state index contributed by atoms with van der Waals surface area (Å²) in [5.74, 6) is 1.53. The third-order valence-corrected chi connectivity index (χ3v) is 8.63. The molecular formula is C29H39N9O3S. The van der Waals surface area contributed by atoms with Gasteiger partial charge in [0.25, 0.3) is 5.97 Å². The van der Waals surface area contributed by atoms with Gasteiger partial charge in [-0.2, -0.15) is 5.10 Å². The van der Waals surface area contributed by atoms with Gasteiger partial charge in [0, 0.05) is 56.0 Å². The molecule has 4 aromatic rings. The summed E-state index contributed by atoms with van der Waals surface area (Å²) in [6.07, 6.45) is 4.56. The summed E-state index contributed by atoms with van der Waals surface area (Å²) in [4.78, 5) is 28.1. The fourth-order valence-electron chi connectivity index (χ4n) is 5.75. The van der Waals surface area contributed by atoms with Crippen LogP contribution in [0.5, 0.6) is 5.75 Å².